The number of aromatic nitrogens is 1. The van der Waals surface area contributed by atoms with E-state index < -0.39 is 6.04 Å². The number of esters is 1. The van der Waals surface area contributed by atoms with Gasteiger partial charge in [0.1, 0.15) is 11.7 Å². The average molecular weight is 386 g/mol. The number of thioether (sulfide) groups is 1. The maximum atomic E-state index is 13.5. The Hall–Kier alpha value is -2.25. The van der Waals surface area contributed by atoms with Gasteiger partial charge in [-0.05, 0) is 18.1 Å². The Kier molecular flexibility index (Phi) is 4.97. The molecular weight excluding hydrogens is 364 g/mol. The van der Waals surface area contributed by atoms with Gasteiger partial charge in [-0.25, -0.2) is 4.79 Å². The van der Waals surface area contributed by atoms with Gasteiger partial charge in [0.2, 0.25) is 0 Å². The van der Waals surface area contributed by atoms with E-state index in [2.05, 4.69) is 4.90 Å². The smallest absolute Gasteiger partial charge is 0.329 e. The minimum Gasteiger partial charge on any atom is -0.467 e. The van der Waals surface area contributed by atoms with Crippen molar-refractivity contribution in [1.82, 2.24) is 4.57 Å². The number of methoxy groups -OCH3 is 1. The van der Waals surface area contributed by atoms with E-state index in [0.29, 0.717) is 37.7 Å². The van der Waals surface area contributed by atoms with E-state index in [1.54, 1.807) is 16.3 Å². The van der Waals surface area contributed by atoms with Gasteiger partial charge in [0.05, 0.1) is 25.3 Å². The number of carbonyl (C=O) groups excluding carboxylic acids is 1. The predicted octanol–water partition coefficient (Wildman–Crippen LogP) is 2.48. The summed E-state index contributed by atoms with van der Waals surface area (Å²) >= 11 is 1.54. The normalized spacial score (nSPS) is 19.0. The fourth-order valence-corrected chi connectivity index (χ4v) is 5.20. The lowest BCUT2D eigenvalue weighted by molar-refractivity contribution is -0.143. The van der Waals surface area contributed by atoms with Crippen molar-refractivity contribution >= 4 is 23.4 Å². The first-order valence-electron chi connectivity index (χ1n) is 9.01. The summed E-state index contributed by atoms with van der Waals surface area (Å²) in [6.07, 6.45) is 0. The molecule has 6 nitrogen and oxygen atoms in total. The van der Waals surface area contributed by atoms with Crippen LogP contribution in [-0.4, -0.2) is 49.7 Å². The summed E-state index contributed by atoms with van der Waals surface area (Å²) in [6, 6.07) is 9.45. The van der Waals surface area contributed by atoms with Crippen LogP contribution in [0.3, 0.4) is 0 Å². The second-order valence-corrected chi connectivity index (χ2v) is 7.65. The third-order valence-corrected chi connectivity index (χ3v) is 6.29. The van der Waals surface area contributed by atoms with E-state index >= 15 is 0 Å². The van der Waals surface area contributed by atoms with Gasteiger partial charge in [0.25, 0.3) is 5.56 Å². The van der Waals surface area contributed by atoms with Crippen molar-refractivity contribution in [2.75, 3.05) is 44.1 Å². The van der Waals surface area contributed by atoms with Crippen LogP contribution in [0.4, 0.5) is 5.69 Å². The zero-order chi connectivity index (χ0) is 19.0. The van der Waals surface area contributed by atoms with E-state index in [9.17, 15) is 9.59 Å². The van der Waals surface area contributed by atoms with Crippen molar-refractivity contribution in [1.29, 1.82) is 0 Å². The molecule has 7 heteroatoms. The summed E-state index contributed by atoms with van der Waals surface area (Å²) in [5.74, 6) is 0.132. The Balaban J connectivity index is 1.98. The van der Waals surface area contributed by atoms with Gasteiger partial charge in [0, 0.05) is 24.4 Å². The maximum Gasteiger partial charge on any atom is 0.329 e. The average Bonchev–Trinajstić information content (AvgIpc) is 3.14. The topological polar surface area (TPSA) is 60.8 Å². The van der Waals surface area contributed by atoms with Gasteiger partial charge in [-0.2, -0.15) is 0 Å². The van der Waals surface area contributed by atoms with Crippen LogP contribution < -0.4 is 10.5 Å². The molecule has 2 aromatic rings. The molecule has 1 atom stereocenters. The Bertz CT molecular complexity index is 920. The molecule has 0 N–H and O–H groups in total. The summed E-state index contributed by atoms with van der Waals surface area (Å²) in [4.78, 5) is 27.9. The lowest BCUT2D eigenvalue weighted by atomic mass is 10.00. The van der Waals surface area contributed by atoms with Crippen molar-refractivity contribution in [2.45, 2.75) is 18.0 Å². The highest BCUT2D eigenvalue weighted by Crippen LogP contribution is 2.43. The van der Waals surface area contributed by atoms with E-state index in [1.165, 1.54) is 7.11 Å². The Labute approximate surface area is 162 Å². The third kappa shape index (κ3) is 3.04. The van der Waals surface area contributed by atoms with Crippen LogP contribution in [0.25, 0.3) is 11.1 Å². The lowest BCUT2D eigenvalue weighted by Gasteiger charge is -2.31. The summed E-state index contributed by atoms with van der Waals surface area (Å²) in [5.41, 5.74) is 3.57. The molecule has 2 aliphatic heterocycles. The molecule has 4 rings (SSSR count). The number of ether oxygens (including phenoxy) is 2. The molecule has 0 aliphatic carbocycles. The lowest BCUT2D eigenvalue weighted by Crippen LogP contribution is -2.42. The van der Waals surface area contributed by atoms with E-state index in [4.69, 9.17) is 9.47 Å². The fourth-order valence-electron chi connectivity index (χ4n) is 3.84. The molecule has 142 valence electrons. The number of anilines is 1. The zero-order valence-corrected chi connectivity index (χ0v) is 16.3. The van der Waals surface area contributed by atoms with Crippen molar-refractivity contribution in [3.63, 3.8) is 0 Å². The molecule has 2 aliphatic rings. The molecule has 1 aromatic heterocycles. The minimum atomic E-state index is -0.592. The molecule has 3 heterocycles. The Morgan fingerprint density at radius 3 is 2.59 bits per heavy atom. The zero-order valence-electron chi connectivity index (χ0n) is 15.4. The number of carbonyl (C=O) groups is 1. The van der Waals surface area contributed by atoms with Crippen LogP contribution in [0.5, 0.6) is 0 Å². The molecule has 1 aromatic carbocycles. The monoisotopic (exact) mass is 386 g/mol. The molecule has 1 unspecified atom stereocenters. The highest BCUT2D eigenvalue weighted by atomic mass is 32.2. The van der Waals surface area contributed by atoms with Crippen LogP contribution in [0.2, 0.25) is 0 Å². The molecule has 0 amide bonds. The first-order chi connectivity index (χ1) is 13.1. The highest BCUT2D eigenvalue weighted by Gasteiger charge is 2.36. The van der Waals surface area contributed by atoms with Crippen LogP contribution >= 0.6 is 11.8 Å². The third-order valence-electron chi connectivity index (χ3n) is 5.14. The van der Waals surface area contributed by atoms with Gasteiger partial charge < -0.3 is 14.4 Å². The second-order valence-electron chi connectivity index (χ2n) is 6.64. The van der Waals surface area contributed by atoms with Crippen molar-refractivity contribution in [3.05, 3.63) is 46.2 Å². The summed E-state index contributed by atoms with van der Waals surface area (Å²) in [5, 5.41) is 0.844. The van der Waals surface area contributed by atoms with E-state index in [1.807, 2.05) is 37.3 Å². The number of nitrogens with zero attached hydrogens (tertiary/aromatic N) is 2. The van der Waals surface area contributed by atoms with E-state index in [-0.39, 0.29) is 11.5 Å². The number of hydrogen-bond donors (Lipinski definition) is 0. The maximum absolute atomic E-state index is 13.5. The summed E-state index contributed by atoms with van der Waals surface area (Å²) in [6.45, 7) is 4.52. The van der Waals surface area contributed by atoms with Crippen LogP contribution in [-0.2, 0) is 14.3 Å². The molecule has 0 spiro atoms. The molecule has 0 bridgehead atoms. The predicted molar refractivity (Wildman–Crippen MR) is 106 cm³/mol. The quantitative estimate of drug-likeness (QED) is 0.756. The molecular formula is C20H22N2O4S. The van der Waals surface area contributed by atoms with Crippen molar-refractivity contribution in [3.8, 4) is 11.1 Å². The first kappa shape index (κ1) is 18.1. The summed E-state index contributed by atoms with van der Waals surface area (Å²) in [7, 11) is 1.37. The minimum absolute atomic E-state index is 0.121. The van der Waals surface area contributed by atoms with E-state index in [0.717, 1.165) is 21.7 Å². The van der Waals surface area contributed by atoms with Gasteiger partial charge in [-0.1, -0.05) is 30.3 Å². The molecule has 0 saturated carbocycles. The van der Waals surface area contributed by atoms with Crippen LogP contribution in [0, 0.1) is 6.92 Å². The molecule has 0 radical (unpaired) electrons. The standard InChI is InChI=1S/C20H22N2O4S/c1-13-16(14-6-4-3-5-7-14)19-22(15(12-27-19)20(24)25-2)18(23)17(13)21-8-10-26-11-9-21/h3-7,15H,8-12H2,1-2H3. The van der Waals surface area contributed by atoms with Crippen molar-refractivity contribution in [2.24, 2.45) is 0 Å². The van der Waals surface area contributed by atoms with Gasteiger partial charge >= 0.3 is 5.97 Å². The number of rotatable bonds is 3. The largest absolute Gasteiger partial charge is 0.467 e. The number of fused-ring (bicyclic) bond motifs is 1. The first-order valence-corrected chi connectivity index (χ1v) is 10.00. The van der Waals surface area contributed by atoms with Crippen LogP contribution in [0.1, 0.15) is 11.6 Å². The Morgan fingerprint density at radius 2 is 1.93 bits per heavy atom. The van der Waals surface area contributed by atoms with Gasteiger partial charge in [-0.3, -0.25) is 9.36 Å². The molecule has 1 saturated heterocycles. The number of hydrogen-bond acceptors (Lipinski definition) is 6. The molecule has 1 fully saturated rings. The SMILES string of the molecule is COC(=O)C1CSc2c(-c3ccccc3)c(C)c(N3CCOCC3)c(=O)n21. The second kappa shape index (κ2) is 7.40. The number of morpholine rings is 1. The highest BCUT2D eigenvalue weighted by molar-refractivity contribution is 7.99. The van der Waals surface area contributed by atoms with Gasteiger partial charge in [0.15, 0.2) is 0 Å². The van der Waals surface area contributed by atoms with Gasteiger partial charge in [-0.15, -0.1) is 11.8 Å². The summed E-state index contributed by atoms with van der Waals surface area (Å²) < 4.78 is 12.1. The number of pyridine rings is 1. The van der Waals surface area contributed by atoms with Crippen LogP contribution in [0.15, 0.2) is 40.2 Å². The fraction of sp³-hybridized carbons (Fsp3) is 0.400. The van der Waals surface area contributed by atoms with Crippen molar-refractivity contribution < 1.29 is 14.3 Å². The Morgan fingerprint density at radius 1 is 1.22 bits per heavy atom. The molecule has 27 heavy (non-hydrogen) atoms. The number of benzene rings is 1.